The van der Waals surface area contributed by atoms with E-state index in [1.54, 1.807) is 18.2 Å². The number of furan rings is 1. The first-order valence-corrected chi connectivity index (χ1v) is 12.0. The number of carbonyl (C=O) groups excluding carboxylic acids is 3. The molecular formula is C22H26N2O7S. The van der Waals surface area contributed by atoms with Crippen LogP contribution in [0.2, 0.25) is 0 Å². The van der Waals surface area contributed by atoms with Crippen molar-refractivity contribution in [1.82, 2.24) is 10.6 Å². The molecule has 0 spiro atoms. The second kappa shape index (κ2) is 10.4. The number of urea groups is 1. The number of hydrogen-bond acceptors (Lipinski definition) is 7. The van der Waals surface area contributed by atoms with Gasteiger partial charge >= 0.3 is 12.0 Å². The Balaban J connectivity index is 1.52. The maximum atomic E-state index is 12.5. The molecule has 0 aliphatic heterocycles. The molecule has 32 heavy (non-hydrogen) atoms. The Morgan fingerprint density at radius 3 is 2.53 bits per heavy atom. The minimum Gasteiger partial charge on any atom is -0.457 e. The number of nitrogens with one attached hydrogen (secondary N) is 2. The van der Waals surface area contributed by atoms with Gasteiger partial charge in [0, 0.05) is 11.6 Å². The molecule has 2 N–H and O–H groups in total. The smallest absolute Gasteiger partial charge is 0.375 e. The minimum absolute atomic E-state index is 0.00339. The molecule has 1 fully saturated rings. The fraction of sp³-hybridized carbons (Fsp3) is 0.409. The number of carbonyl (C=O) groups is 3. The van der Waals surface area contributed by atoms with Crippen molar-refractivity contribution in [3.63, 3.8) is 0 Å². The van der Waals surface area contributed by atoms with E-state index in [0.29, 0.717) is 5.92 Å². The molecule has 1 aromatic carbocycles. The van der Waals surface area contributed by atoms with E-state index in [1.807, 2.05) is 6.92 Å². The molecule has 172 valence electrons. The highest BCUT2D eigenvalue weighted by Gasteiger charge is 2.25. The number of ether oxygens (including phenoxy) is 1. The van der Waals surface area contributed by atoms with Crippen LogP contribution < -0.4 is 10.6 Å². The number of amides is 3. The molecule has 0 bridgehead atoms. The summed E-state index contributed by atoms with van der Waals surface area (Å²) in [5.41, 5.74) is 0.114. The molecule has 1 aliphatic rings. The van der Waals surface area contributed by atoms with Crippen LogP contribution in [0.1, 0.15) is 48.7 Å². The summed E-state index contributed by atoms with van der Waals surface area (Å²) in [6, 6.07) is 8.51. The van der Waals surface area contributed by atoms with Crippen LogP contribution in [0.4, 0.5) is 4.79 Å². The van der Waals surface area contributed by atoms with Gasteiger partial charge in [-0.05, 0) is 37.0 Å². The van der Waals surface area contributed by atoms with Gasteiger partial charge in [0.1, 0.15) is 0 Å². The van der Waals surface area contributed by atoms with Crippen LogP contribution in [-0.2, 0) is 25.1 Å². The van der Waals surface area contributed by atoms with E-state index < -0.39 is 40.1 Å². The van der Waals surface area contributed by atoms with Gasteiger partial charge in [-0.3, -0.25) is 10.1 Å². The summed E-state index contributed by atoms with van der Waals surface area (Å²) in [4.78, 5) is 36.4. The van der Waals surface area contributed by atoms with E-state index in [9.17, 15) is 22.8 Å². The first kappa shape index (κ1) is 23.5. The van der Waals surface area contributed by atoms with Gasteiger partial charge in [-0.2, -0.15) is 0 Å². The van der Waals surface area contributed by atoms with Crippen molar-refractivity contribution in [1.29, 1.82) is 0 Å². The van der Waals surface area contributed by atoms with Crippen molar-refractivity contribution in [2.75, 3.05) is 6.61 Å². The fourth-order valence-corrected chi connectivity index (χ4v) is 5.01. The lowest BCUT2D eigenvalue weighted by Crippen LogP contribution is -2.48. The Hall–Kier alpha value is -3.14. The van der Waals surface area contributed by atoms with Gasteiger partial charge in [-0.25, -0.2) is 18.0 Å². The van der Waals surface area contributed by atoms with Crippen LogP contribution in [0.25, 0.3) is 0 Å². The first-order chi connectivity index (χ1) is 15.3. The lowest BCUT2D eigenvalue weighted by Gasteiger charge is -2.29. The molecular weight excluding hydrogens is 436 g/mol. The quantitative estimate of drug-likeness (QED) is 0.605. The third-order valence-corrected chi connectivity index (χ3v) is 7.08. The van der Waals surface area contributed by atoms with Gasteiger partial charge in [0.2, 0.25) is 5.76 Å². The van der Waals surface area contributed by atoms with Gasteiger partial charge in [-0.15, -0.1) is 0 Å². The third kappa shape index (κ3) is 6.19. The lowest BCUT2D eigenvalue weighted by molar-refractivity contribution is -0.123. The van der Waals surface area contributed by atoms with Crippen molar-refractivity contribution < 1.29 is 32.0 Å². The van der Waals surface area contributed by atoms with E-state index in [-0.39, 0.29) is 22.3 Å². The lowest BCUT2D eigenvalue weighted by atomic mass is 9.86. The Morgan fingerprint density at radius 1 is 1.09 bits per heavy atom. The topological polar surface area (TPSA) is 132 Å². The molecule has 3 amide bonds. The molecule has 2 aromatic rings. The largest absolute Gasteiger partial charge is 0.457 e. The van der Waals surface area contributed by atoms with Crippen molar-refractivity contribution in [2.45, 2.75) is 49.3 Å². The van der Waals surface area contributed by atoms with E-state index in [1.165, 1.54) is 24.5 Å². The van der Waals surface area contributed by atoms with Gasteiger partial charge in [0.05, 0.1) is 16.9 Å². The Morgan fingerprint density at radius 2 is 1.81 bits per heavy atom. The molecule has 2 unspecified atom stereocenters. The van der Waals surface area contributed by atoms with Crippen LogP contribution in [-0.4, -0.2) is 39.0 Å². The zero-order valence-corrected chi connectivity index (χ0v) is 18.5. The molecule has 1 heterocycles. The van der Waals surface area contributed by atoms with E-state index >= 15 is 0 Å². The SMILES string of the molecule is CC1CCCCC1NC(=O)NC(=O)COC(=O)c1occc1CS(=O)(=O)c1ccccc1. The average molecular weight is 463 g/mol. The summed E-state index contributed by atoms with van der Waals surface area (Å²) in [6.07, 6.45) is 5.18. The summed E-state index contributed by atoms with van der Waals surface area (Å²) in [5, 5.41) is 4.90. The zero-order chi connectivity index (χ0) is 23.1. The normalized spacial score (nSPS) is 18.5. The molecule has 1 aromatic heterocycles. The highest BCUT2D eigenvalue weighted by Crippen LogP contribution is 2.23. The molecule has 9 nitrogen and oxygen atoms in total. The van der Waals surface area contributed by atoms with Crippen LogP contribution in [0.3, 0.4) is 0 Å². The predicted octanol–water partition coefficient (Wildman–Crippen LogP) is 2.81. The number of hydrogen-bond donors (Lipinski definition) is 2. The van der Waals surface area contributed by atoms with Gasteiger partial charge in [0.25, 0.3) is 5.91 Å². The predicted molar refractivity (Wildman–Crippen MR) is 114 cm³/mol. The van der Waals surface area contributed by atoms with E-state index in [4.69, 9.17) is 9.15 Å². The standard InChI is InChI=1S/C22H26N2O7S/c1-15-7-5-6-10-18(15)23-22(27)24-19(25)13-31-21(26)20-16(11-12-30-20)14-32(28,29)17-8-3-2-4-9-17/h2-4,8-9,11-12,15,18H,5-7,10,13-14H2,1H3,(H2,23,24,25,27). The van der Waals surface area contributed by atoms with Gasteiger partial charge in [-0.1, -0.05) is 38.0 Å². The molecule has 0 saturated heterocycles. The maximum absolute atomic E-state index is 12.5. The highest BCUT2D eigenvalue weighted by atomic mass is 32.2. The molecule has 10 heteroatoms. The molecule has 0 radical (unpaired) electrons. The van der Waals surface area contributed by atoms with Gasteiger partial charge in [0.15, 0.2) is 16.4 Å². The summed E-state index contributed by atoms with van der Waals surface area (Å²) in [7, 11) is -3.71. The van der Waals surface area contributed by atoms with Crippen LogP contribution in [0, 0.1) is 5.92 Å². The fourth-order valence-electron chi connectivity index (χ4n) is 3.64. The van der Waals surface area contributed by atoms with Crippen molar-refractivity contribution >= 4 is 27.7 Å². The van der Waals surface area contributed by atoms with Gasteiger partial charge < -0.3 is 14.5 Å². The number of rotatable bonds is 7. The second-order valence-electron chi connectivity index (χ2n) is 7.81. The maximum Gasteiger partial charge on any atom is 0.375 e. The Kier molecular flexibility index (Phi) is 7.68. The first-order valence-electron chi connectivity index (χ1n) is 10.4. The van der Waals surface area contributed by atoms with Crippen LogP contribution >= 0.6 is 0 Å². The van der Waals surface area contributed by atoms with Crippen molar-refractivity contribution in [3.8, 4) is 0 Å². The molecule has 2 atom stereocenters. The summed E-state index contributed by atoms with van der Waals surface area (Å²) < 4.78 is 35.1. The van der Waals surface area contributed by atoms with E-state index in [0.717, 1.165) is 25.7 Å². The van der Waals surface area contributed by atoms with E-state index in [2.05, 4.69) is 10.6 Å². The zero-order valence-electron chi connectivity index (χ0n) is 17.7. The number of benzene rings is 1. The summed E-state index contributed by atoms with van der Waals surface area (Å²) in [6.45, 7) is 1.34. The van der Waals surface area contributed by atoms with Crippen LogP contribution in [0.15, 0.2) is 52.0 Å². The monoisotopic (exact) mass is 462 g/mol. The average Bonchev–Trinajstić information content (AvgIpc) is 3.22. The molecule has 1 aliphatic carbocycles. The summed E-state index contributed by atoms with van der Waals surface area (Å²) in [5.74, 6) is -2.25. The Labute approximate surface area is 186 Å². The van der Waals surface area contributed by atoms with Crippen LogP contribution in [0.5, 0.6) is 0 Å². The highest BCUT2D eigenvalue weighted by molar-refractivity contribution is 7.90. The minimum atomic E-state index is -3.71. The van der Waals surface area contributed by atoms with Crippen molar-refractivity contribution in [2.24, 2.45) is 5.92 Å². The van der Waals surface area contributed by atoms with Crippen molar-refractivity contribution in [3.05, 3.63) is 54.0 Å². The number of imide groups is 1. The second-order valence-corrected chi connectivity index (χ2v) is 9.80. The third-order valence-electron chi connectivity index (χ3n) is 5.40. The number of esters is 1. The molecule has 1 saturated carbocycles. The number of sulfone groups is 1. The molecule has 3 rings (SSSR count). The summed E-state index contributed by atoms with van der Waals surface area (Å²) >= 11 is 0. The Bertz CT molecular complexity index is 1060.